The van der Waals surface area contributed by atoms with Crippen LogP contribution in [-0.4, -0.2) is 4.98 Å². The van der Waals surface area contributed by atoms with E-state index in [4.69, 9.17) is 16.3 Å². The van der Waals surface area contributed by atoms with Crippen LogP contribution in [0.2, 0.25) is 4.47 Å². The minimum Gasteiger partial charge on any atom is -0.489 e. The zero-order valence-corrected chi connectivity index (χ0v) is 16.7. The molecule has 4 aromatic rings. The quantitative estimate of drug-likeness (QED) is 0.373. The van der Waals surface area contributed by atoms with Crippen molar-refractivity contribution in [3.63, 3.8) is 0 Å². The first kappa shape index (κ1) is 18.5. The van der Waals surface area contributed by atoms with E-state index >= 15 is 0 Å². The maximum atomic E-state index is 5.96. The van der Waals surface area contributed by atoms with Gasteiger partial charge < -0.3 is 10.1 Å². The zero-order valence-electron chi connectivity index (χ0n) is 15.1. The predicted molar refractivity (Wildman–Crippen MR) is 117 cm³/mol. The normalized spacial score (nSPS) is 10.6. The Balaban J connectivity index is 1.44. The zero-order chi connectivity index (χ0) is 19.2. The molecule has 0 saturated carbocycles. The van der Waals surface area contributed by atoms with Gasteiger partial charge in [0.2, 0.25) is 0 Å². The van der Waals surface area contributed by atoms with Gasteiger partial charge in [-0.1, -0.05) is 66.2 Å². The van der Waals surface area contributed by atoms with Crippen molar-refractivity contribution in [2.45, 2.75) is 13.2 Å². The second-order valence-corrected chi connectivity index (χ2v) is 8.01. The molecule has 0 amide bonds. The van der Waals surface area contributed by atoms with Crippen molar-refractivity contribution in [2.24, 2.45) is 0 Å². The van der Waals surface area contributed by atoms with Gasteiger partial charge >= 0.3 is 0 Å². The molecule has 0 aliphatic heterocycles. The lowest BCUT2D eigenvalue weighted by Gasteiger charge is -2.10. The second-order valence-electron chi connectivity index (χ2n) is 6.32. The molecule has 0 radical (unpaired) electrons. The van der Waals surface area contributed by atoms with Crippen LogP contribution < -0.4 is 10.1 Å². The number of nitrogens with zero attached hydrogens (tertiary/aromatic N) is 1. The molecular formula is C23H19ClN2OS. The summed E-state index contributed by atoms with van der Waals surface area (Å²) in [5, 5.41) is 3.43. The van der Waals surface area contributed by atoms with Gasteiger partial charge in [-0.15, -0.1) is 11.3 Å². The first-order valence-corrected chi connectivity index (χ1v) is 10.2. The van der Waals surface area contributed by atoms with Crippen molar-refractivity contribution in [3.8, 4) is 16.9 Å². The van der Waals surface area contributed by atoms with Gasteiger partial charge in [0.05, 0.1) is 6.54 Å². The molecule has 0 atom stereocenters. The van der Waals surface area contributed by atoms with Gasteiger partial charge in [-0.3, -0.25) is 0 Å². The lowest BCUT2D eigenvalue weighted by molar-refractivity contribution is 0.306. The number of hydrogen-bond donors (Lipinski definition) is 1. The summed E-state index contributed by atoms with van der Waals surface area (Å²) in [6.45, 7) is 1.26. The van der Waals surface area contributed by atoms with Crippen molar-refractivity contribution < 1.29 is 4.74 Å². The first-order valence-electron chi connectivity index (χ1n) is 8.97. The molecule has 0 fully saturated rings. The van der Waals surface area contributed by atoms with E-state index in [0.29, 0.717) is 17.6 Å². The van der Waals surface area contributed by atoms with Crippen LogP contribution in [0.5, 0.6) is 5.75 Å². The molecule has 0 saturated heterocycles. The molecule has 0 bridgehead atoms. The van der Waals surface area contributed by atoms with Crippen LogP contribution in [-0.2, 0) is 13.2 Å². The molecule has 0 unspecified atom stereocenters. The number of halogens is 1. The molecule has 3 aromatic carbocycles. The van der Waals surface area contributed by atoms with Gasteiger partial charge in [0.25, 0.3) is 0 Å². The lowest BCUT2D eigenvalue weighted by Crippen LogP contribution is -1.97. The average molecular weight is 407 g/mol. The number of rotatable bonds is 7. The second kappa shape index (κ2) is 8.91. The SMILES string of the molecule is Clc1ncc(CNc2cccc(-c3cccc(OCc4ccccc4)c3)c2)s1. The van der Waals surface area contributed by atoms with Crippen LogP contribution in [0.3, 0.4) is 0 Å². The van der Waals surface area contributed by atoms with Crippen molar-refractivity contribution in [2.75, 3.05) is 5.32 Å². The van der Waals surface area contributed by atoms with Gasteiger partial charge in [0.1, 0.15) is 12.4 Å². The fourth-order valence-electron chi connectivity index (χ4n) is 2.87. The Morgan fingerprint density at radius 2 is 1.68 bits per heavy atom. The minimum absolute atomic E-state index is 0.559. The number of ether oxygens (including phenoxy) is 1. The van der Waals surface area contributed by atoms with Crippen molar-refractivity contribution in [1.29, 1.82) is 0 Å². The summed E-state index contributed by atoms with van der Waals surface area (Å²) < 4.78 is 6.53. The first-order chi connectivity index (χ1) is 13.8. The van der Waals surface area contributed by atoms with Crippen LogP contribution >= 0.6 is 22.9 Å². The van der Waals surface area contributed by atoms with E-state index < -0.39 is 0 Å². The number of anilines is 1. The average Bonchev–Trinajstić information content (AvgIpc) is 3.17. The van der Waals surface area contributed by atoms with Crippen molar-refractivity contribution in [3.05, 3.63) is 100.0 Å². The van der Waals surface area contributed by atoms with Crippen molar-refractivity contribution >= 4 is 28.6 Å². The van der Waals surface area contributed by atoms with E-state index in [9.17, 15) is 0 Å². The molecule has 0 aliphatic rings. The highest BCUT2D eigenvalue weighted by Crippen LogP contribution is 2.27. The number of hydrogen-bond acceptors (Lipinski definition) is 4. The Morgan fingerprint density at radius 3 is 2.46 bits per heavy atom. The molecule has 28 heavy (non-hydrogen) atoms. The largest absolute Gasteiger partial charge is 0.489 e. The highest BCUT2D eigenvalue weighted by Gasteiger charge is 2.04. The molecule has 1 heterocycles. The third-order valence-electron chi connectivity index (χ3n) is 4.27. The Kier molecular flexibility index (Phi) is 5.90. The topological polar surface area (TPSA) is 34.2 Å². The van der Waals surface area contributed by atoms with Gasteiger partial charge in [-0.25, -0.2) is 4.98 Å². The summed E-state index contributed by atoms with van der Waals surface area (Å²) in [6.07, 6.45) is 1.80. The fourth-order valence-corrected chi connectivity index (χ4v) is 3.79. The maximum absolute atomic E-state index is 5.96. The molecule has 1 aromatic heterocycles. The Hall–Kier alpha value is -2.82. The number of nitrogens with one attached hydrogen (secondary N) is 1. The smallest absolute Gasteiger partial charge is 0.183 e. The molecule has 1 N–H and O–H groups in total. The number of benzene rings is 3. The number of aromatic nitrogens is 1. The summed E-state index contributed by atoms with van der Waals surface area (Å²) >= 11 is 7.38. The molecular weight excluding hydrogens is 388 g/mol. The molecule has 5 heteroatoms. The predicted octanol–water partition coefficient (Wildman–Crippen LogP) is 6.65. The van der Waals surface area contributed by atoms with Gasteiger partial charge in [-0.2, -0.15) is 0 Å². The van der Waals surface area contributed by atoms with E-state index in [2.05, 4.69) is 58.8 Å². The van der Waals surface area contributed by atoms with E-state index in [0.717, 1.165) is 33.0 Å². The molecule has 0 spiro atoms. The van der Waals surface area contributed by atoms with Gasteiger partial charge in [0, 0.05) is 16.8 Å². The van der Waals surface area contributed by atoms with Crippen LogP contribution in [0.1, 0.15) is 10.4 Å². The molecule has 0 aliphatic carbocycles. The Morgan fingerprint density at radius 1 is 0.893 bits per heavy atom. The maximum Gasteiger partial charge on any atom is 0.183 e. The van der Waals surface area contributed by atoms with Crippen LogP contribution in [0, 0.1) is 0 Å². The van der Waals surface area contributed by atoms with E-state index in [-0.39, 0.29) is 0 Å². The van der Waals surface area contributed by atoms with Gasteiger partial charge in [-0.05, 0) is 41.0 Å². The monoisotopic (exact) mass is 406 g/mol. The van der Waals surface area contributed by atoms with E-state index in [1.165, 1.54) is 11.3 Å². The summed E-state index contributed by atoms with van der Waals surface area (Å²) in [5.74, 6) is 0.860. The third-order valence-corrected chi connectivity index (χ3v) is 5.39. The summed E-state index contributed by atoms with van der Waals surface area (Å²) in [6, 6.07) is 26.7. The number of thiazole rings is 1. The summed E-state index contributed by atoms with van der Waals surface area (Å²) in [7, 11) is 0. The molecule has 4 rings (SSSR count). The fraction of sp³-hybridized carbons (Fsp3) is 0.0870. The van der Waals surface area contributed by atoms with Crippen molar-refractivity contribution in [1.82, 2.24) is 4.98 Å². The van der Waals surface area contributed by atoms with Gasteiger partial charge in [0.15, 0.2) is 4.47 Å². The van der Waals surface area contributed by atoms with E-state index in [1.807, 2.05) is 30.3 Å². The highest BCUT2D eigenvalue weighted by atomic mass is 35.5. The summed E-state index contributed by atoms with van der Waals surface area (Å²) in [5.41, 5.74) is 4.47. The molecule has 3 nitrogen and oxygen atoms in total. The summed E-state index contributed by atoms with van der Waals surface area (Å²) in [4.78, 5) is 5.18. The highest BCUT2D eigenvalue weighted by molar-refractivity contribution is 7.15. The standard InChI is InChI=1S/C23H19ClN2OS/c24-23-26-15-22(28-23)14-25-20-10-4-8-18(12-20)19-9-5-11-21(13-19)27-16-17-6-2-1-3-7-17/h1-13,15,25H,14,16H2. The van der Waals surface area contributed by atoms with Crippen LogP contribution in [0.4, 0.5) is 5.69 Å². The van der Waals surface area contributed by atoms with Crippen LogP contribution in [0.25, 0.3) is 11.1 Å². The molecule has 140 valence electrons. The third kappa shape index (κ3) is 4.91. The Bertz CT molecular complexity index is 1050. The Labute approximate surface area is 173 Å². The van der Waals surface area contributed by atoms with E-state index in [1.54, 1.807) is 6.20 Å². The lowest BCUT2D eigenvalue weighted by atomic mass is 10.0. The minimum atomic E-state index is 0.559. The van der Waals surface area contributed by atoms with Crippen LogP contribution in [0.15, 0.2) is 85.1 Å².